The standard InChI is InChI=1S/C17H18BrClO/c1-20-17-11-10-15(19)12-14(17)8-5-9-16(18)13-6-3-2-4-7-13/h2-4,6-7,10-12,16H,5,8-9H2,1H3. The Morgan fingerprint density at radius 3 is 2.60 bits per heavy atom. The van der Waals surface area contributed by atoms with Crippen LogP contribution < -0.4 is 4.74 Å². The first kappa shape index (κ1) is 15.4. The van der Waals surface area contributed by atoms with Gasteiger partial charge in [-0.1, -0.05) is 57.9 Å². The molecule has 0 saturated heterocycles. The summed E-state index contributed by atoms with van der Waals surface area (Å²) in [5.74, 6) is 0.917. The molecule has 0 heterocycles. The van der Waals surface area contributed by atoms with E-state index in [2.05, 4.69) is 40.2 Å². The lowest BCUT2D eigenvalue weighted by Gasteiger charge is -2.12. The Kier molecular flexibility index (Phi) is 5.93. The average Bonchev–Trinajstić information content (AvgIpc) is 2.48. The van der Waals surface area contributed by atoms with Crippen molar-refractivity contribution in [3.63, 3.8) is 0 Å². The van der Waals surface area contributed by atoms with Crippen LogP contribution in [0.2, 0.25) is 5.02 Å². The number of ether oxygens (including phenoxy) is 1. The second-order valence-corrected chi connectivity index (χ2v) is 6.27. The second-order valence-electron chi connectivity index (χ2n) is 4.73. The van der Waals surface area contributed by atoms with Crippen molar-refractivity contribution in [1.29, 1.82) is 0 Å². The van der Waals surface area contributed by atoms with Crippen molar-refractivity contribution < 1.29 is 4.74 Å². The molecule has 0 aliphatic rings. The lowest BCUT2D eigenvalue weighted by molar-refractivity contribution is 0.409. The first-order valence-corrected chi connectivity index (χ1v) is 8.01. The molecule has 0 bridgehead atoms. The molecule has 20 heavy (non-hydrogen) atoms. The van der Waals surface area contributed by atoms with Gasteiger partial charge in [-0.05, 0) is 48.6 Å². The van der Waals surface area contributed by atoms with Gasteiger partial charge < -0.3 is 4.74 Å². The zero-order valence-corrected chi connectivity index (χ0v) is 13.8. The van der Waals surface area contributed by atoms with Crippen molar-refractivity contribution in [3.8, 4) is 5.75 Å². The SMILES string of the molecule is COc1ccc(Cl)cc1CCCC(Br)c1ccccc1. The third-order valence-corrected chi connectivity index (χ3v) is 4.53. The molecule has 0 aliphatic carbocycles. The predicted octanol–water partition coefficient (Wildman–Crippen LogP) is 5.81. The molecule has 106 valence electrons. The molecule has 2 rings (SSSR count). The molecule has 0 radical (unpaired) electrons. The van der Waals surface area contributed by atoms with Gasteiger partial charge in [0.05, 0.1) is 7.11 Å². The Morgan fingerprint density at radius 1 is 1.15 bits per heavy atom. The lowest BCUT2D eigenvalue weighted by Crippen LogP contribution is -1.95. The van der Waals surface area contributed by atoms with Crippen molar-refractivity contribution >= 4 is 27.5 Å². The molecule has 0 N–H and O–H groups in total. The fourth-order valence-corrected chi connectivity index (χ4v) is 3.07. The van der Waals surface area contributed by atoms with Gasteiger partial charge in [0.1, 0.15) is 5.75 Å². The van der Waals surface area contributed by atoms with Gasteiger partial charge in [0, 0.05) is 9.85 Å². The highest BCUT2D eigenvalue weighted by Gasteiger charge is 2.08. The number of alkyl halides is 1. The van der Waals surface area contributed by atoms with E-state index in [4.69, 9.17) is 16.3 Å². The zero-order chi connectivity index (χ0) is 14.4. The van der Waals surface area contributed by atoms with Gasteiger partial charge in [0.25, 0.3) is 0 Å². The van der Waals surface area contributed by atoms with E-state index in [1.807, 2.05) is 24.3 Å². The van der Waals surface area contributed by atoms with Crippen LogP contribution in [0, 0.1) is 0 Å². The summed E-state index contributed by atoms with van der Waals surface area (Å²) < 4.78 is 5.37. The topological polar surface area (TPSA) is 9.23 Å². The van der Waals surface area contributed by atoms with E-state index in [0.29, 0.717) is 4.83 Å². The molecular weight excluding hydrogens is 336 g/mol. The molecule has 2 aromatic carbocycles. The first-order valence-electron chi connectivity index (χ1n) is 6.72. The molecule has 2 aromatic rings. The van der Waals surface area contributed by atoms with Crippen LogP contribution in [0.1, 0.15) is 28.8 Å². The minimum Gasteiger partial charge on any atom is -0.496 e. The van der Waals surface area contributed by atoms with Crippen molar-refractivity contribution in [2.45, 2.75) is 24.1 Å². The summed E-state index contributed by atoms with van der Waals surface area (Å²) in [5.41, 5.74) is 2.50. The fourth-order valence-electron chi connectivity index (χ4n) is 2.24. The summed E-state index contributed by atoms with van der Waals surface area (Å²) in [7, 11) is 1.70. The molecule has 1 unspecified atom stereocenters. The molecule has 0 amide bonds. The van der Waals surface area contributed by atoms with E-state index in [-0.39, 0.29) is 0 Å². The van der Waals surface area contributed by atoms with Crippen LogP contribution >= 0.6 is 27.5 Å². The molecule has 0 spiro atoms. The minimum absolute atomic E-state index is 0.397. The Labute approximate surface area is 134 Å². The van der Waals surface area contributed by atoms with Crippen molar-refractivity contribution in [2.24, 2.45) is 0 Å². The fraction of sp³-hybridized carbons (Fsp3) is 0.294. The van der Waals surface area contributed by atoms with E-state index in [1.54, 1.807) is 7.11 Å². The molecule has 0 aromatic heterocycles. The maximum atomic E-state index is 6.05. The lowest BCUT2D eigenvalue weighted by atomic mass is 10.0. The number of methoxy groups -OCH3 is 1. The van der Waals surface area contributed by atoms with Crippen LogP contribution in [0.4, 0.5) is 0 Å². The van der Waals surface area contributed by atoms with E-state index >= 15 is 0 Å². The number of benzene rings is 2. The van der Waals surface area contributed by atoms with Gasteiger partial charge in [-0.25, -0.2) is 0 Å². The number of halogens is 2. The molecular formula is C17H18BrClO. The summed E-state index contributed by atoms with van der Waals surface area (Å²) in [6.45, 7) is 0. The van der Waals surface area contributed by atoms with Crippen LogP contribution in [0.5, 0.6) is 5.75 Å². The Balaban J connectivity index is 1.91. The molecule has 0 fully saturated rings. The number of rotatable bonds is 6. The first-order chi connectivity index (χ1) is 9.70. The summed E-state index contributed by atoms with van der Waals surface area (Å²) in [4.78, 5) is 0.397. The summed E-state index contributed by atoms with van der Waals surface area (Å²) >= 11 is 9.80. The minimum atomic E-state index is 0.397. The third-order valence-electron chi connectivity index (χ3n) is 3.31. The summed E-state index contributed by atoms with van der Waals surface area (Å²) in [6, 6.07) is 16.3. The van der Waals surface area contributed by atoms with Crippen LogP contribution in [0.25, 0.3) is 0 Å². The average molecular weight is 354 g/mol. The number of hydrogen-bond acceptors (Lipinski definition) is 1. The highest BCUT2D eigenvalue weighted by molar-refractivity contribution is 9.09. The normalized spacial score (nSPS) is 12.2. The van der Waals surface area contributed by atoms with Crippen molar-refractivity contribution in [2.75, 3.05) is 7.11 Å². The molecule has 0 aliphatic heterocycles. The summed E-state index contributed by atoms with van der Waals surface area (Å²) in [6.07, 6.45) is 3.14. The van der Waals surface area contributed by atoms with Gasteiger partial charge in [-0.2, -0.15) is 0 Å². The Morgan fingerprint density at radius 2 is 1.90 bits per heavy atom. The quantitative estimate of drug-likeness (QED) is 0.596. The highest BCUT2D eigenvalue weighted by Crippen LogP contribution is 2.30. The maximum Gasteiger partial charge on any atom is 0.122 e. The predicted molar refractivity (Wildman–Crippen MR) is 89.1 cm³/mol. The van der Waals surface area contributed by atoms with Gasteiger partial charge in [-0.15, -0.1) is 0 Å². The van der Waals surface area contributed by atoms with Gasteiger partial charge in [0.2, 0.25) is 0 Å². The Hall–Kier alpha value is -0.990. The van der Waals surface area contributed by atoms with Crippen LogP contribution in [0.3, 0.4) is 0 Å². The van der Waals surface area contributed by atoms with Gasteiger partial charge in [-0.3, -0.25) is 0 Å². The van der Waals surface area contributed by atoms with Crippen LogP contribution in [-0.2, 0) is 6.42 Å². The molecule has 1 nitrogen and oxygen atoms in total. The van der Waals surface area contributed by atoms with Crippen molar-refractivity contribution in [1.82, 2.24) is 0 Å². The third kappa shape index (κ3) is 4.26. The zero-order valence-electron chi connectivity index (χ0n) is 11.5. The van der Waals surface area contributed by atoms with E-state index in [9.17, 15) is 0 Å². The Bertz CT molecular complexity index is 542. The highest BCUT2D eigenvalue weighted by atomic mass is 79.9. The summed E-state index contributed by atoms with van der Waals surface area (Å²) in [5, 5.41) is 0.763. The molecule has 3 heteroatoms. The van der Waals surface area contributed by atoms with Crippen LogP contribution in [0.15, 0.2) is 48.5 Å². The maximum absolute atomic E-state index is 6.05. The largest absolute Gasteiger partial charge is 0.496 e. The second kappa shape index (κ2) is 7.70. The van der Waals surface area contributed by atoms with E-state index in [0.717, 1.165) is 30.0 Å². The van der Waals surface area contributed by atoms with E-state index < -0.39 is 0 Å². The monoisotopic (exact) mass is 352 g/mol. The van der Waals surface area contributed by atoms with Gasteiger partial charge in [0.15, 0.2) is 0 Å². The smallest absolute Gasteiger partial charge is 0.122 e. The van der Waals surface area contributed by atoms with Gasteiger partial charge >= 0.3 is 0 Å². The number of hydrogen-bond donors (Lipinski definition) is 0. The van der Waals surface area contributed by atoms with Crippen LogP contribution in [-0.4, -0.2) is 7.11 Å². The molecule has 1 atom stereocenters. The molecule has 0 saturated carbocycles. The number of aryl methyl sites for hydroxylation is 1. The van der Waals surface area contributed by atoms with E-state index in [1.165, 1.54) is 11.1 Å². The van der Waals surface area contributed by atoms with Crippen molar-refractivity contribution in [3.05, 3.63) is 64.7 Å².